The number of morpholine rings is 1. The number of anilines is 2. The van der Waals surface area contributed by atoms with Gasteiger partial charge in [0.1, 0.15) is 13.1 Å². The molecule has 0 atom stereocenters. The third-order valence-corrected chi connectivity index (χ3v) is 4.78. The van der Waals surface area contributed by atoms with Crippen molar-refractivity contribution in [1.82, 2.24) is 10.7 Å². The maximum absolute atomic E-state index is 5.37. The molecular formula is C21H28N5OS+. The van der Waals surface area contributed by atoms with Crippen molar-refractivity contribution in [3.05, 3.63) is 60.2 Å². The van der Waals surface area contributed by atoms with Gasteiger partial charge in [0.25, 0.3) is 0 Å². The molecule has 0 saturated carbocycles. The summed E-state index contributed by atoms with van der Waals surface area (Å²) in [7, 11) is 0. The van der Waals surface area contributed by atoms with Crippen LogP contribution >= 0.6 is 12.2 Å². The molecule has 0 spiro atoms. The van der Waals surface area contributed by atoms with Crippen molar-refractivity contribution in [1.29, 1.82) is 0 Å². The summed E-state index contributed by atoms with van der Waals surface area (Å²) in [5.74, 6) is 0. The van der Waals surface area contributed by atoms with E-state index in [0.29, 0.717) is 5.11 Å². The van der Waals surface area contributed by atoms with Crippen molar-refractivity contribution in [2.45, 2.75) is 6.42 Å². The number of quaternary nitrogens is 1. The lowest BCUT2D eigenvalue weighted by atomic mass is 10.2. The Labute approximate surface area is 172 Å². The standard InChI is InChI=1S/C21H27N5OS/c28-21(22-11-4-12-26-13-15-27-16-14-26)25-23-17-18-7-9-20(10-8-18)24-19-5-2-1-3-6-19/h1-3,5-10,17,24H,4,11-16H2,(H2,22,25,28)/p+1/b23-17-. The van der Waals surface area contributed by atoms with E-state index in [-0.39, 0.29) is 0 Å². The van der Waals surface area contributed by atoms with Crippen LogP contribution in [0.3, 0.4) is 0 Å². The van der Waals surface area contributed by atoms with Crippen molar-refractivity contribution >= 4 is 34.9 Å². The van der Waals surface area contributed by atoms with Crippen LogP contribution in [0.4, 0.5) is 11.4 Å². The highest BCUT2D eigenvalue weighted by Crippen LogP contribution is 2.15. The van der Waals surface area contributed by atoms with E-state index in [1.807, 2.05) is 54.6 Å². The summed E-state index contributed by atoms with van der Waals surface area (Å²) in [4.78, 5) is 1.61. The second-order valence-corrected chi connectivity index (χ2v) is 7.11. The van der Waals surface area contributed by atoms with E-state index in [4.69, 9.17) is 17.0 Å². The van der Waals surface area contributed by atoms with E-state index >= 15 is 0 Å². The Kier molecular flexibility index (Phi) is 8.24. The zero-order chi connectivity index (χ0) is 19.4. The zero-order valence-corrected chi connectivity index (χ0v) is 16.8. The van der Waals surface area contributed by atoms with Gasteiger partial charge in [0, 0.05) is 24.3 Å². The molecular weight excluding hydrogens is 370 g/mol. The molecule has 28 heavy (non-hydrogen) atoms. The van der Waals surface area contributed by atoms with Crippen LogP contribution in [0, 0.1) is 0 Å². The molecule has 0 aliphatic carbocycles. The molecule has 0 amide bonds. The van der Waals surface area contributed by atoms with Gasteiger partial charge in [-0.05, 0) is 42.0 Å². The highest BCUT2D eigenvalue weighted by molar-refractivity contribution is 7.80. The number of rotatable bonds is 8. The first-order valence-electron chi connectivity index (χ1n) is 9.70. The van der Waals surface area contributed by atoms with Crippen LogP contribution in [0.15, 0.2) is 59.7 Å². The van der Waals surface area contributed by atoms with Gasteiger partial charge in [0.15, 0.2) is 5.11 Å². The topological polar surface area (TPSA) is 62.1 Å². The minimum atomic E-state index is 0.551. The van der Waals surface area contributed by atoms with Gasteiger partial charge in [-0.25, -0.2) is 0 Å². The van der Waals surface area contributed by atoms with Gasteiger partial charge in [0.05, 0.1) is 26.0 Å². The average Bonchev–Trinajstić information content (AvgIpc) is 2.74. The molecule has 0 aromatic heterocycles. The molecule has 0 bridgehead atoms. The second-order valence-electron chi connectivity index (χ2n) is 6.70. The van der Waals surface area contributed by atoms with Gasteiger partial charge < -0.3 is 20.3 Å². The van der Waals surface area contributed by atoms with Crippen LogP contribution in [0.2, 0.25) is 0 Å². The van der Waals surface area contributed by atoms with Gasteiger partial charge in [0.2, 0.25) is 0 Å². The molecule has 1 saturated heterocycles. The molecule has 0 radical (unpaired) electrons. The molecule has 1 aliphatic heterocycles. The van der Waals surface area contributed by atoms with E-state index in [1.54, 1.807) is 11.1 Å². The molecule has 148 valence electrons. The Balaban J connectivity index is 1.32. The van der Waals surface area contributed by atoms with Crippen LogP contribution in [-0.4, -0.2) is 50.7 Å². The lowest BCUT2D eigenvalue weighted by Crippen LogP contribution is -3.14. The fraction of sp³-hybridized carbons (Fsp3) is 0.333. The van der Waals surface area contributed by atoms with Crippen LogP contribution in [0.25, 0.3) is 0 Å². The smallest absolute Gasteiger partial charge is 0.186 e. The molecule has 2 aromatic carbocycles. The summed E-state index contributed by atoms with van der Waals surface area (Å²) in [6, 6.07) is 18.2. The normalized spacial score (nSPS) is 14.7. The number of thiocarbonyl (C=S) groups is 1. The van der Waals surface area contributed by atoms with Crippen molar-refractivity contribution in [3.8, 4) is 0 Å². The van der Waals surface area contributed by atoms with E-state index in [1.165, 1.54) is 0 Å². The number of hydrogen-bond donors (Lipinski definition) is 4. The van der Waals surface area contributed by atoms with E-state index < -0.39 is 0 Å². The van der Waals surface area contributed by atoms with Gasteiger partial charge >= 0.3 is 0 Å². The molecule has 3 rings (SSSR count). The first kappa shape index (κ1) is 20.3. The Morgan fingerprint density at radius 1 is 1.04 bits per heavy atom. The zero-order valence-electron chi connectivity index (χ0n) is 16.0. The lowest BCUT2D eigenvalue weighted by Gasteiger charge is -2.23. The van der Waals surface area contributed by atoms with Crippen molar-refractivity contribution in [2.75, 3.05) is 44.7 Å². The SMILES string of the molecule is S=C(NCCC[NH+]1CCOCC1)N/N=C\c1ccc(Nc2ccccc2)cc1. The Morgan fingerprint density at radius 2 is 1.75 bits per heavy atom. The maximum atomic E-state index is 5.37. The van der Waals surface area contributed by atoms with Crippen LogP contribution in [0.5, 0.6) is 0 Å². The molecule has 1 aliphatic rings. The first-order valence-corrected chi connectivity index (χ1v) is 10.1. The van der Waals surface area contributed by atoms with Crippen LogP contribution < -0.4 is 21.0 Å². The maximum Gasteiger partial charge on any atom is 0.186 e. The third kappa shape index (κ3) is 7.26. The number of hydrogen-bond acceptors (Lipinski definition) is 4. The highest BCUT2D eigenvalue weighted by Gasteiger charge is 2.12. The third-order valence-electron chi connectivity index (χ3n) is 4.55. The minimum Gasteiger partial charge on any atom is -0.370 e. The summed E-state index contributed by atoms with van der Waals surface area (Å²) in [5, 5.41) is 11.3. The van der Waals surface area contributed by atoms with Crippen molar-refractivity contribution < 1.29 is 9.64 Å². The van der Waals surface area contributed by atoms with E-state index in [2.05, 4.69) is 21.2 Å². The van der Waals surface area contributed by atoms with Gasteiger partial charge in [-0.2, -0.15) is 5.10 Å². The molecule has 4 N–H and O–H groups in total. The lowest BCUT2D eigenvalue weighted by molar-refractivity contribution is -0.908. The summed E-state index contributed by atoms with van der Waals surface area (Å²) in [5.41, 5.74) is 5.98. The number of nitrogens with one attached hydrogen (secondary N) is 4. The van der Waals surface area contributed by atoms with Crippen LogP contribution in [0.1, 0.15) is 12.0 Å². The number of benzene rings is 2. The largest absolute Gasteiger partial charge is 0.370 e. The number of para-hydroxylation sites is 1. The summed E-state index contributed by atoms with van der Waals surface area (Å²) in [6.07, 6.45) is 2.84. The van der Waals surface area contributed by atoms with E-state index in [0.717, 1.165) is 62.8 Å². The quantitative estimate of drug-likeness (QED) is 0.235. The van der Waals surface area contributed by atoms with Crippen molar-refractivity contribution in [3.63, 3.8) is 0 Å². The molecule has 1 fully saturated rings. The number of nitrogens with zero attached hydrogens (tertiary/aromatic N) is 1. The predicted molar refractivity (Wildman–Crippen MR) is 118 cm³/mol. The summed E-state index contributed by atoms with van der Waals surface area (Å²) in [6.45, 7) is 5.96. The summed E-state index contributed by atoms with van der Waals surface area (Å²) >= 11 is 5.26. The minimum absolute atomic E-state index is 0.551. The fourth-order valence-electron chi connectivity index (χ4n) is 3.00. The highest BCUT2D eigenvalue weighted by atomic mass is 32.1. The Bertz CT molecular complexity index is 745. The monoisotopic (exact) mass is 398 g/mol. The average molecular weight is 399 g/mol. The number of ether oxygens (including phenoxy) is 1. The second kappa shape index (κ2) is 11.4. The Hall–Kier alpha value is -2.48. The van der Waals surface area contributed by atoms with Gasteiger partial charge in [-0.1, -0.05) is 30.3 Å². The fourth-order valence-corrected chi connectivity index (χ4v) is 3.15. The molecule has 1 heterocycles. The number of hydrazone groups is 1. The molecule has 2 aromatic rings. The van der Waals surface area contributed by atoms with Crippen molar-refractivity contribution in [2.24, 2.45) is 5.10 Å². The predicted octanol–water partition coefficient (Wildman–Crippen LogP) is 1.53. The van der Waals surface area contributed by atoms with Gasteiger partial charge in [-0.3, -0.25) is 5.43 Å². The molecule has 7 heteroatoms. The Morgan fingerprint density at radius 3 is 2.50 bits per heavy atom. The van der Waals surface area contributed by atoms with Gasteiger partial charge in [-0.15, -0.1) is 0 Å². The molecule has 0 unspecified atom stereocenters. The summed E-state index contributed by atoms with van der Waals surface area (Å²) < 4.78 is 5.37. The first-order chi connectivity index (χ1) is 13.8. The van der Waals surface area contributed by atoms with Crippen LogP contribution in [-0.2, 0) is 4.74 Å². The molecule has 6 nitrogen and oxygen atoms in total. The van der Waals surface area contributed by atoms with E-state index in [9.17, 15) is 0 Å².